The number of carbonyl (C=O) groups is 1. The van der Waals surface area contributed by atoms with E-state index in [4.69, 9.17) is 22.0 Å². The van der Waals surface area contributed by atoms with Crippen LogP contribution in [0.2, 0.25) is 5.02 Å². The molecule has 0 aliphatic carbocycles. The predicted octanol–water partition coefficient (Wildman–Crippen LogP) is 3.14. The fourth-order valence-corrected chi connectivity index (χ4v) is 2.23. The van der Waals surface area contributed by atoms with E-state index in [1.54, 1.807) is 37.3 Å². The van der Waals surface area contributed by atoms with Gasteiger partial charge in [0.05, 0.1) is 17.2 Å². The van der Waals surface area contributed by atoms with E-state index in [1.807, 2.05) is 12.1 Å². The van der Waals surface area contributed by atoms with Gasteiger partial charge >= 0.3 is 0 Å². The molecule has 0 aromatic heterocycles. The third kappa shape index (κ3) is 4.46. The van der Waals surface area contributed by atoms with Crippen LogP contribution < -0.4 is 10.6 Å². The maximum absolute atomic E-state index is 12.2. The third-order valence-corrected chi connectivity index (χ3v) is 3.56. The largest absolute Gasteiger partial charge is 0.392 e. The van der Waals surface area contributed by atoms with E-state index in [2.05, 4.69) is 10.6 Å². The van der Waals surface area contributed by atoms with Crippen molar-refractivity contribution in [1.29, 1.82) is 5.26 Å². The van der Waals surface area contributed by atoms with Crippen molar-refractivity contribution >= 4 is 28.9 Å². The molecule has 5 nitrogen and oxygen atoms in total. The van der Waals surface area contributed by atoms with E-state index < -0.39 is 6.04 Å². The van der Waals surface area contributed by atoms with Crippen LogP contribution >= 0.6 is 11.6 Å². The first-order valence-corrected chi connectivity index (χ1v) is 7.38. The van der Waals surface area contributed by atoms with Crippen LogP contribution in [0.3, 0.4) is 0 Å². The topological polar surface area (TPSA) is 85.2 Å². The molecule has 1 unspecified atom stereocenters. The Kier molecular flexibility index (Phi) is 5.58. The highest BCUT2D eigenvalue weighted by molar-refractivity contribution is 6.32. The number of amides is 1. The fraction of sp³-hybridized carbons (Fsp3) is 0.176. The summed E-state index contributed by atoms with van der Waals surface area (Å²) in [5.41, 5.74) is 2.40. The summed E-state index contributed by atoms with van der Waals surface area (Å²) in [5.74, 6) is -0.236. The molecule has 0 fully saturated rings. The number of aliphatic hydroxyl groups excluding tert-OH is 1. The lowest BCUT2D eigenvalue weighted by Gasteiger charge is -2.16. The number of hydrogen-bond donors (Lipinski definition) is 3. The van der Waals surface area contributed by atoms with Gasteiger partial charge in [-0.1, -0.05) is 23.7 Å². The lowest BCUT2D eigenvalue weighted by molar-refractivity contribution is -0.116. The minimum Gasteiger partial charge on any atom is -0.392 e. The molecule has 0 aliphatic rings. The molecule has 1 atom stereocenters. The summed E-state index contributed by atoms with van der Waals surface area (Å²) in [4.78, 5) is 12.2. The van der Waals surface area contributed by atoms with E-state index in [0.29, 0.717) is 16.3 Å². The minimum atomic E-state index is -0.488. The Hall–Kier alpha value is -2.55. The highest BCUT2D eigenvalue weighted by Crippen LogP contribution is 2.20. The minimum absolute atomic E-state index is 0.0557. The van der Waals surface area contributed by atoms with E-state index in [9.17, 15) is 4.79 Å². The maximum atomic E-state index is 12.2. The first-order valence-electron chi connectivity index (χ1n) is 7.00. The summed E-state index contributed by atoms with van der Waals surface area (Å²) in [6.07, 6.45) is 0. The van der Waals surface area contributed by atoms with Crippen molar-refractivity contribution in [1.82, 2.24) is 0 Å². The Bertz CT molecular complexity index is 756. The highest BCUT2D eigenvalue weighted by Gasteiger charge is 2.13. The predicted molar refractivity (Wildman–Crippen MR) is 90.2 cm³/mol. The Morgan fingerprint density at radius 1 is 1.30 bits per heavy atom. The normalized spacial score (nSPS) is 11.4. The molecular formula is C17H16ClN3O2. The highest BCUT2D eigenvalue weighted by atomic mass is 35.5. The molecule has 118 valence electrons. The number of aliphatic hydroxyl groups is 1. The summed E-state index contributed by atoms with van der Waals surface area (Å²) in [5, 5.41) is 24.1. The molecule has 0 heterocycles. The molecule has 0 bridgehead atoms. The van der Waals surface area contributed by atoms with E-state index in [0.717, 1.165) is 11.3 Å². The molecule has 1 amide bonds. The summed E-state index contributed by atoms with van der Waals surface area (Å²) in [7, 11) is 0. The summed E-state index contributed by atoms with van der Waals surface area (Å²) in [6.45, 7) is 1.67. The second kappa shape index (κ2) is 7.63. The first-order chi connectivity index (χ1) is 11.0. The Morgan fingerprint density at radius 2 is 2.09 bits per heavy atom. The van der Waals surface area contributed by atoms with Gasteiger partial charge < -0.3 is 15.7 Å². The Balaban J connectivity index is 2.02. The van der Waals surface area contributed by atoms with Crippen LogP contribution in [0.5, 0.6) is 0 Å². The van der Waals surface area contributed by atoms with Gasteiger partial charge in [-0.15, -0.1) is 0 Å². The van der Waals surface area contributed by atoms with Crippen LogP contribution in [0, 0.1) is 11.3 Å². The quantitative estimate of drug-likeness (QED) is 0.786. The molecule has 23 heavy (non-hydrogen) atoms. The van der Waals surface area contributed by atoms with Gasteiger partial charge in [0.1, 0.15) is 12.1 Å². The third-order valence-electron chi connectivity index (χ3n) is 3.24. The number of benzene rings is 2. The van der Waals surface area contributed by atoms with Crippen molar-refractivity contribution in [3.8, 4) is 6.07 Å². The van der Waals surface area contributed by atoms with Crippen molar-refractivity contribution in [2.45, 2.75) is 19.6 Å². The SMILES string of the molecule is CC(Nc1cccc(CO)c1)C(=O)Nc1ccc(C#N)c(Cl)c1. The average Bonchev–Trinajstić information content (AvgIpc) is 2.55. The van der Waals surface area contributed by atoms with Crippen LogP contribution in [0.4, 0.5) is 11.4 Å². The van der Waals surface area contributed by atoms with Crippen molar-refractivity contribution in [3.63, 3.8) is 0 Å². The second-order valence-corrected chi connectivity index (χ2v) is 5.43. The Morgan fingerprint density at radius 3 is 2.74 bits per heavy atom. The lowest BCUT2D eigenvalue weighted by atomic mass is 10.2. The van der Waals surface area contributed by atoms with E-state index in [1.165, 1.54) is 6.07 Å². The van der Waals surface area contributed by atoms with Crippen LogP contribution in [-0.4, -0.2) is 17.1 Å². The number of nitriles is 1. The molecule has 0 radical (unpaired) electrons. The van der Waals surface area contributed by atoms with Crippen molar-refractivity contribution in [3.05, 3.63) is 58.6 Å². The summed E-state index contributed by atoms with van der Waals surface area (Å²) >= 11 is 5.94. The van der Waals surface area contributed by atoms with Gasteiger partial charge in [-0.05, 0) is 42.8 Å². The fourth-order valence-electron chi connectivity index (χ4n) is 2.01. The first kappa shape index (κ1) is 16.8. The summed E-state index contributed by atoms with van der Waals surface area (Å²) in [6, 6.07) is 13.4. The lowest BCUT2D eigenvalue weighted by Crippen LogP contribution is -2.31. The molecule has 0 saturated heterocycles. The molecule has 2 aromatic rings. The zero-order valence-corrected chi connectivity index (χ0v) is 13.3. The van der Waals surface area contributed by atoms with Gasteiger partial charge in [0.2, 0.25) is 5.91 Å². The second-order valence-electron chi connectivity index (χ2n) is 5.02. The monoisotopic (exact) mass is 329 g/mol. The van der Waals surface area contributed by atoms with Crippen LogP contribution in [-0.2, 0) is 11.4 Å². The molecule has 0 aliphatic heterocycles. The number of halogens is 1. The van der Waals surface area contributed by atoms with Gasteiger partial charge in [-0.25, -0.2) is 0 Å². The molecular weight excluding hydrogens is 314 g/mol. The number of anilines is 2. The molecule has 0 saturated carbocycles. The summed E-state index contributed by atoms with van der Waals surface area (Å²) < 4.78 is 0. The molecule has 6 heteroatoms. The van der Waals surface area contributed by atoms with Gasteiger partial charge in [0, 0.05) is 11.4 Å². The van der Waals surface area contributed by atoms with Crippen LogP contribution in [0.25, 0.3) is 0 Å². The average molecular weight is 330 g/mol. The van der Waals surface area contributed by atoms with Crippen molar-refractivity contribution in [2.75, 3.05) is 10.6 Å². The van der Waals surface area contributed by atoms with Crippen molar-refractivity contribution in [2.24, 2.45) is 0 Å². The van der Waals surface area contributed by atoms with Gasteiger partial charge in [0.15, 0.2) is 0 Å². The Labute approximate surface area is 139 Å². The van der Waals surface area contributed by atoms with Gasteiger partial charge in [0.25, 0.3) is 0 Å². The standard InChI is InChI=1S/C17H16ClN3O2/c1-11(20-14-4-2-3-12(7-14)10-22)17(23)21-15-6-5-13(9-19)16(18)8-15/h2-8,11,20,22H,10H2,1H3,(H,21,23). The number of nitrogens with zero attached hydrogens (tertiary/aromatic N) is 1. The van der Waals surface area contributed by atoms with Crippen LogP contribution in [0.15, 0.2) is 42.5 Å². The van der Waals surface area contributed by atoms with Crippen LogP contribution in [0.1, 0.15) is 18.1 Å². The number of rotatable bonds is 5. The molecule has 2 aromatic carbocycles. The number of nitrogens with one attached hydrogen (secondary N) is 2. The smallest absolute Gasteiger partial charge is 0.246 e. The van der Waals surface area contributed by atoms with Gasteiger partial charge in [-0.3, -0.25) is 4.79 Å². The zero-order chi connectivity index (χ0) is 16.8. The number of hydrogen-bond acceptors (Lipinski definition) is 4. The van der Waals surface area contributed by atoms with E-state index in [-0.39, 0.29) is 12.5 Å². The molecule has 2 rings (SSSR count). The molecule has 0 spiro atoms. The number of carbonyl (C=O) groups excluding carboxylic acids is 1. The zero-order valence-electron chi connectivity index (χ0n) is 12.5. The maximum Gasteiger partial charge on any atom is 0.246 e. The van der Waals surface area contributed by atoms with Crippen molar-refractivity contribution < 1.29 is 9.90 Å². The van der Waals surface area contributed by atoms with E-state index >= 15 is 0 Å². The molecule has 3 N–H and O–H groups in total. The van der Waals surface area contributed by atoms with Gasteiger partial charge in [-0.2, -0.15) is 5.26 Å².